The lowest BCUT2D eigenvalue weighted by Crippen LogP contribution is -2.36. The molecule has 0 bridgehead atoms. The number of carboxylic acid groups (broad SMARTS) is 2. The summed E-state index contributed by atoms with van der Waals surface area (Å²) in [4.78, 5) is 21.5. The van der Waals surface area contributed by atoms with Crippen molar-refractivity contribution >= 4 is 19.1 Å². The Morgan fingerprint density at radius 1 is 1.12 bits per heavy atom. The first kappa shape index (κ1) is 13.7. The van der Waals surface area contributed by atoms with E-state index in [-0.39, 0.29) is 5.41 Å². The molecule has 94 valence electrons. The number of hydrogen-bond donors (Lipinski definition) is 2. The maximum Gasteiger partial charge on any atom is 0.487 e. The van der Waals surface area contributed by atoms with Crippen LogP contribution in [0.15, 0.2) is 12.1 Å². The fourth-order valence-electron chi connectivity index (χ4n) is 1.30. The largest absolute Gasteiger partial charge is 0.487 e. The van der Waals surface area contributed by atoms with Crippen molar-refractivity contribution in [2.75, 3.05) is 0 Å². The summed E-state index contributed by atoms with van der Waals surface area (Å²) >= 11 is 0. The molecule has 1 rings (SSSR count). The van der Waals surface area contributed by atoms with Crippen LogP contribution in [0.2, 0.25) is 0 Å². The molecule has 6 nitrogen and oxygen atoms in total. The molecule has 0 radical (unpaired) electrons. The second-order valence-electron chi connectivity index (χ2n) is 4.88. The van der Waals surface area contributed by atoms with Crippen molar-refractivity contribution in [2.45, 2.75) is 33.0 Å². The normalized spacial score (nSPS) is 25.5. The van der Waals surface area contributed by atoms with Crippen LogP contribution >= 0.6 is 0 Å². The fourth-order valence-corrected chi connectivity index (χ4v) is 1.30. The highest BCUT2D eigenvalue weighted by molar-refractivity contribution is 6.52. The molecule has 0 aromatic rings. The van der Waals surface area contributed by atoms with Gasteiger partial charge in [-0.1, -0.05) is 32.8 Å². The minimum absolute atomic E-state index is 0.118. The Balaban J connectivity index is 2.73. The van der Waals surface area contributed by atoms with Gasteiger partial charge in [0.2, 0.25) is 0 Å². The summed E-state index contributed by atoms with van der Waals surface area (Å²) < 4.78 is 10.0. The van der Waals surface area contributed by atoms with Crippen molar-refractivity contribution in [2.24, 2.45) is 5.41 Å². The van der Waals surface area contributed by atoms with Gasteiger partial charge >= 0.3 is 19.1 Å². The SMILES string of the molecule is CC(C)(C)/C=C/B1O[C@H](C(=O)O)[C@@H](C(=O)O)O1. The number of rotatable bonds is 3. The van der Waals surface area contributed by atoms with Crippen LogP contribution in [-0.2, 0) is 18.9 Å². The molecule has 0 spiro atoms. The Labute approximate surface area is 99.4 Å². The van der Waals surface area contributed by atoms with Gasteiger partial charge in [-0.25, -0.2) is 9.59 Å². The average molecular weight is 242 g/mol. The molecule has 0 amide bonds. The zero-order valence-electron chi connectivity index (χ0n) is 9.91. The molecule has 1 saturated heterocycles. The molecular formula is C10H15BO6. The van der Waals surface area contributed by atoms with E-state index in [9.17, 15) is 9.59 Å². The minimum atomic E-state index is -1.47. The molecule has 0 saturated carbocycles. The number of aliphatic carboxylic acids is 2. The second-order valence-corrected chi connectivity index (χ2v) is 4.88. The summed E-state index contributed by atoms with van der Waals surface area (Å²) in [5.41, 5.74) is -0.118. The lowest BCUT2D eigenvalue weighted by Gasteiger charge is -2.11. The average Bonchev–Trinajstić information content (AvgIpc) is 2.57. The van der Waals surface area contributed by atoms with Gasteiger partial charge in [-0.15, -0.1) is 0 Å². The van der Waals surface area contributed by atoms with E-state index in [1.165, 1.54) is 5.98 Å². The van der Waals surface area contributed by atoms with Crippen LogP contribution in [0.25, 0.3) is 0 Å². The quantitative estimate of drug-likeness (QED) is 0.702. The third-order valence-corrected chi connectivity index (χ3v) is 2.08. The fraction of sp³-hybridized carbons (Fsp3) is 0.600. The van der Waals surface area contributed by atoms with Crippen molar-refractivity contribution in [3.8, 4) is 0 Å². The second kappa shape index (κ2) is 4.89. The topological polar surface area (TPSA) is 93.1 Å². The molecule has 1 heterocycles. The van der Waals surface area contributed by atoms with Gasteiger partial charge in [0.15, 0.2) is 12.2 Å². The van der Waals surface area contributed by atoms with Gasteiger partial charge in [-0.05, 0) is 5.41 Å². The van der Waals surface area contributed by atoms with Crippen molar-refractivity contribution in [1.29, 1.82) is 0 Å². The number of carbonyl (C=O) groups is 2. The van der Waals surface area contributed by atoms with E-state index in [0.29, 0.717) is 0 Å². The van der Waals surface area contributed by atoms with E-state index in [0.717, 1.165) is 0 Å². The van der Waals surface area contributed by atoms with Crippen LogP contribution in [0.4, 0.5) is 0 Å². The molecule has 0 aromatic heterocycles. The maximum atomic E-state index is 10.8. The lowest BCUT2D eigenvalue weighted by molar-refractivity contribution is -0.156. The zero-order chi connectivity index (χ0) is 13.2. The van der Waals surface area contributed by atoms with E-state index >= 15 is 0 Å². The van der Waals surface area contributed by atoms with Gasteiger partial charge in [0.05, 0.1) is 0 Å². The molecule has 1 aliphatic heterocycles. The van der Waals surface area contributed by atoms with Crippen molar-refractivity contribution in [3.63, 3.8) is 0 Å². The first-order valence-electron chi connectivity index (χ1n) is 5.16. The number of carboxylic acids is 2. The van der Waals surface area contributed by atoms with Crippen molar-refractivity contribution < 1.29 is 29.1 Å². The van der Waals surface area contributed by atoms with Crippen LogP contribution in [0.5, 0.6) is 0 Å². The summed E-state index contributed by atoms with van der Waals surface area (Å²) in [6.07, 6.45) is -1.16. The van der Waals surface area contributed by atoms with Crippen LogP contribution < -0.4 is 0 Å². The first-order chi connectivity index (χ1) is 7.70. The summed E-state index contributed by atoms with van der Waals surface area (Å²) in [5, 5.41) is 17.6. The molecule has 0 aromatic carbocycles. The third-order valence-electron chi connectivity index (χ3n) is 2.08. The van der Waals surface area contributed by atoms with Gasteiger partial charge in [0.25, 0.3) is 0 Å². The Kier molecular flexibility index (Phi) is 3.95. The van der Waals surface area contributed by atoms with Crippen LogP contribution in [0.1, 0.15) is 20.8 Å². The van der Waals surface area contributed by atoms with E-state index in [4.69, 9.17) is 19.5 Å². The predicted octanol–water partition coefficient (Wildman–Crippen LogP) is 0.569. The highest BCUT2D eigenvalue weighted by Crippen LogP contribution is 2.21. The summed E-state index contributed by atoms with van der Waals surface area (Å²) in [7, 11) is -0.934. The van der Waals surface area contributed by atoms with Crippen molar-refractivity contribution in [3.05, 3.63) is 12.1 Å². The molecular weight excluding hydrogens is 227 g/mol. The zero-order valence-corrected chi connectivity index (χ0v) is 9.91. The van der Waals surface area contributed by atoms with Crippen LogP contribution in [-0.4, -0.2) is 41.5 Å². The summed E-state index contributed by atoms with van der Waals surface area (Å²) in [6.45, 7) is 5.84. The van der Waals surface area contributed by atoms with Gasteiger partial charge in [-0.2, -0.15) is 0 Å². The Hall–Kier alpha value is -1.34. The highest BCUT2D eigenvalue weighted by atomic mass is 16.7. The Morgan fingerprint density at radius 3 is 1.82 bits per heavy atom. The van der Waals surface area contributed by atoms with Gasteiger partial charge in [0, 0.05) is 0 Å². The van der Waals surface area contributed by atoms with E-state index in [1.807, 2.05) is 20.8 Å². The van der Waals surface area contributed by atoms with Crippen LogP contribution in [0, 0.1) is 5.41 Å². The van der Waals surface area contributed by atoms with E-state index in [1.54, 1.807) is 6.08 Å². The molecule has 1 fully saturated rings. The highest BCUT2D eigenvalue weighted by Gasteiger charge is 2.46. The molecule has 1 aliphatic rings. The monoisotopic (exact) mass is 242 g/mol. The summed E-state index contributed by atoms with van der Waals surface area (Å²) in [6, 6.07) is 0. The van der Waals surface area contributed by atoms with Gasteiger partial charge in [0.1, 0.15) is 0 Å². The van der Waals surface area contributed by atoms with Gasteiger partial charge in [-0.3, -0.25) is 0 Å². The number of hydrogen-bond acceptors (Lipinski definition) is 4. The molecule has 2 atom stereocenters. The Bertz CT molecular complexity index is 323. The van der Waals surface area contributed by atoms with Crippen LogP contribution in [0.3, 0.4) is 0 Å². The van der Waals surface area contributed by atoms with Gasteiger partial charge < -0.3 is 19.5 Å². The molecule has 2 N–H and O–H groups in total. The molecule has 0 aliphatic carbocycles. The molecule has 0 unspecified atom stereocenters. The number of allylic oxidation sites excluding steroid dienone is 1. The lowest BCUT2D eigenvalue weighted by atomic mass is 9.84. The summed E-state index contributed by atoms with van der Waals surface area (Å²) in [5.74, 6) is -1.16. The standard InChI is InChI=1S/C10H15BO6/c1-10(2,3)4-5-11-16-6(8(12)13)7(17-11)9(14)15/h4-7H,1-3H3,(H,12,13)(H,14,15)/b5-4+/t6-,7-/m0/s1. The first-order valence-corrected chi connectivity index (χ1v) is 5.16. The van der Waals surface area contributed by atoms with Crippen molar-refractivity contribution in [1.82, 2.24) is 0 Å². The smallest absolute Gasteiger partial charge is 0.479 e. The maximum absolute atomic E-state index is 10.8. The predicted molar refractivity (Wildman–Crippen MR) is 59.4 cm³/mol. The van der Waals surface area contributed by atoms with E-state index < -0.39 is 31.3 Å². The molecule has 17 heavy (non-hydrogen) atoms. The van der Waals surface area contributed by atoms with E-state index in [2.05, 4.69) is 0 Å². The Morgan fingerprint density at radius 2 is 1.53 bits per heavy atom. The molecule has 7 heteroatoms. The third kappa shape index (κ3) is 3.87. The minimum Gasteiger partial charge on any atom is -0.479 e.